The minimum atomic E-state index is 0.502. The van der Waals surface area contributed by atoms with E-state index in [2.05, 4.69) is 27.9 Å². The van der Waals surface area contributed by atoms with E-state index in [1.807, 2.05) is 18.2 Å². The second kappa shape index (κ2) is 6.45. The van der Waals surface area contributed by atoms with Crippen LogP contribution in [0.25, 0.3) is 16.0 Å². The van der Waals surface area contributed by atoms with Gasteiger partial charge in [-0.2, -0.15) is 0 Å². The zero-order chi connectivity index (χ0) is 16.5. The van der Waals surface area contributed by atoms with E-state index in [9.17, 15) is 0 Å². The maximum atomic E-state index is 6.06. The number of nitrogens with two attached hydrogens (primary N) is 1. The molecule has 8 heteroatoms. The van der Waals surface area contributed by atoms with Gasteiger partial charge in [0.05, 0.1) is 10.2 Å². The van der Waals surface area contributed by atoms with Crippen LogP contribution in [0.5, 0.6) is 0 Å². The minimum Gasteiger partial charge on any atom is -0.384 e. The molecule has 124 valence electrons. The molecule has 0 atom stereocenters. The summed E-state index contributed by atoms with van der Waals surface area (Å²) in [6.07, 6.45) is 2.20. The average Bonchev–Trinajstić information content (AvgIpc) is 3.15. The number of imidazole rings is 1. The van der Waals surface area contributed by atoms with Crippen molar-refractivity contribution in [3.63, 3.8) is 0 Å². The Labute approximate surface area is 147 Å². The SMILES string of the molecule is CCCCn1c(Sc2nc3ccccc3s2)nc2c1=NCNC=2N. The van der Waals surface area contributed by atoms with E-state index < -0.39 is 0 Å². The predicted molar refractivity (Wildman–Crippen MR) is 97.3 cm³/mol. The lowest BCUT2D eigenvalue weighted by molar-refractivity contribution is 0.561. The summed E-state index contributed by atoms with van der Waals surface area (Å²) < 4.78 is 4.35. The number of nitrogens with one attached hydrogen (secondary N) is 1. The molecular weight excluding hydrogens is 340 g/mol. The zero-order valence-corrected chi connectivity index (χ0v) is 15.0. The van der Waals surface area contributed by atoms with Crippen molar-refractivity contribution in [3.05, 3.63) is 35.1 Å². The van der Waals surface area contributed by atoms with Crippen LogP contribution in [-0.4, -0.2) is 21.2 Å². The lowest BCUT2D eigenvalue weighted by atomic mass is 10.3. The molecule has 1 aliphatic heterocycles. The molecule has 0 fully saturated rings. The quantitative estimate of drug-likeness (QED) is 0.725. The Morgan fingerprint density at radius 1 is 1.33 bits per heavy atom. The van der Waals surface area contributed by atoms with Gasteiger partial charge < -0.3 is 15.6 Å². The average molecular weight is 358 g/mol. The van der Waals surface area contributed by atoms with Gasteiger partial charge in [0.15, 0.2) is 15.0 Å². The van der Waals surface area contributed by atoms with Gasteiger partial charge in [-0.05, 0) is 30.3 Å². The first-order chi connectivity index (χ1) is 11.8. The molecule has 0 spiro atoms. The topological polar surface area (TPSA) is 81.1 Å². The number of aromatic nitrogens is 3. The van der Waals surface area contributed by atoms with Gasteiger partial charge in [0, 0.05) is 6.54 Å². The Hall–Kier alpha value is -2.06. The molecule has 0 aliphatic carbocycles. The molecule has 4 rings (SSSR count). The third-order valence-electron chi connectivity index (χ3n) is 3.85. The van der Waals surface area contributed by atoms with E-state index in [1.54, 1.807) is 23.1 Å². The van der Waals surface area contributed by atoms with Crippen molar-refractivity contribution in [3.8, 4) is 0 Å². The molecule has 0 saturated heterocycles. The normalized spacial score (nSPS) is 13.6. The Morgan fingerprint density at radius 2 is 2.21 bits per heavy atom. The van der Waals surface area contributed by atoms with Crippen LogP contribution < -0.4 is 21.9 Å². The molecule has 24 heavy (non-hydrogen) atoms. The van der Waals surface area contributed by atoms with Crippen molar-refractivity contribution in [2.45, 2.75) is 35.8 Å². The summed E-state index contributed by atoms with van der Waals surface area (Å²) in [6, 6.07) is 8.18. The van der Waals surface area contributed by atoms with Crippen LogP contribution in [0.3, 0.4) is 0 Å². The van der Waals surface area contributed by atoms with Crippen LogP contribution in [0.4, 0.5) is 0 Å². The van der Waals surface area contributed by atoms with Crippen LogP contribution in [-0.2, 0) is 6.54 Å². The third kappa shape index (κ3) is 2.76. The van der Waals surface area contributed by atoms with Crippen molar-refractivity contribution in [1.82, 2.24) is 19.9 Å². The van der Waals surface area contributed by atoms with Gasteiger partial charge >= 0.3 is 0 Å². The molecule has 1 aromatic carbocycles. The van der Waals surface area contributed by atoms with Gasteiger partial charge in [-0.1, -0.05) is 25.5 Å². The van der Waals surface area contributed by atoms with Gasteiger partial charge in [0.2, 0.25) is 0 Å². The number of fused-ring (bicyclic) bond motifs is 2. The number of para-hydroxylation sites is 1. The molecule has 3 aromatic rings. The third-order valence-corrected chi connectivity index (χ3v) is 5.94. The molecule has 0 amide bonds. The Balaban J connectivity index is 1.78. The number of unbranched alkanes of at least 4 members (excludes halogenated alkanes) is 1. The Bertz CT molecular complexity index is 970. The van der Waals surface area contributed by atoms with Crippen LogP contribution in [0.2, 0.25) is 0 Å². The van der Waals surface area contributed by atoms with Crippen molar-refractivity contribution < 1.29 is 0 Å². The Morgan fingerprint density at radius 3 is 3.04 bits per heavy atom. The number of rotatable bonds is 5. The summed E-state index contributed by atoms with van der Waals surface area (Å²) in [7, 11) is 0. The zero-order valence-electron chi connectivity index (χ0n) is 13.3. The monoisotopic (exact) mass is 358 g/mol. The molecule has 6 nitrogen and oxygen atoms in total. The summed E-state index contributed by atoms with van der Waals surface area (Å²) in [5, 5.41) is 4.71. The number of hydrogen-bond acceptors (Lipinski definition) is 7. The summed E-state index contributed by atoms with van der Waals surface area (Å²) in [6.45, 7) is 3.58. The van der Waals surface area contributed by atoms with Crippen molar-refractivity contribution in [2.24, 2.45) is 10.7 Å². The van der Waals surface area contributed by atoms with Gasteiger partial charge in [-0.3, -0.25) is 0 Å². The summed E-state index contributed by atoms with van der Waals surface area (Å²) in [5.41, 5.74) is 7.96. The Kier molecular flexibility index (Phi) is 4.15. The van der Waals surface area contributed by atoms with Gasteiger partial charge in [-0.25, -0.2) is 15.0 Å². The molecule has 3 N–H and O–H groups in total. The van der Waals surface area contributed by atoms with Crippen molar-refractivity contribution >= 4 is 39.1 Å². The fraction of sp³-hybridized carbons (Fsp3) is 0.312. The van der Waals surface area contributed by atoms with Gasteiger partial charge in [0.25, 0.3) is 0 Å². The van der Waals surface area contributed by atoms with Crippen LogP contribution in [0.15, 0.2) is 38.8 Å². The number of thiazole rings is 1. The largest absolute Gasteiger partial charge is 0.384 e. The van der Waals surface area contributed by atoms with E-state index in [0.29, 0.717) is 12.5 Å². The lowest BCUT2D eigenvalue weighted by Gasteiger charge is -2.08. The van der Waals surface area contributed by atoms with E-state index >= 15 is 0 Å². The summed E-state index contributed by atoms with van der Waals surface area (Å²) >= 11 is 3.27. The molecular formula is C16H18N6S2. The minimum absolute atomic E-state index is 0.502. The van der Waals surface area contributed by atoms with Crippen LogP contribution in [0.1, 0.15) is 19.8 Å². The molecule has 2 aromatic heterocycles. The summed E-state index contributed by atoms with van der Waals surface area (Å²) in [5.74, 6) is 0.599. The molecule has 0 saturated carbocycles. The lowest BCUT2D eigenvalue weighted by Crippen LogP contribution is -2.43. The number of nitrogens with zero attached hydrogens (tertiary/aromatic N) is 4. The van der Waals surface area contributed by atoms with Crippen LogP contribution in [0, 0.1) is 0 Å². The molecule has 0 unspecified atom stereocenters. The maximum absolute atomic E-state index is 6.06. The van der Waals surface area contributed by atoms with E-state index in [4.69, 9.17) is 15.7 Å². The number of hydrogen-bond donors (Lipinski definition) is 2. The highest BCUT2D eigenvalue weighted by molar-refractivity contribution is 8.01. The highest BCUT2D eigenvalue weighted by Crippen LogP contribution is 2.32. The second-order valence-corrected chi connectivity index (χ2v) is 7.77. The highest BCUT2D eigenvalue weighted by Gasteiger charge is 2.16. The van der Waals surface area contributed by atoms with E-state index in [1.165, 1.54) is 4.70 Å². The molecule has 0 radical (unpaired) electrons. The van der Waals surface area contributed by atoms with Crippen LogP contribution >= 0.6 is 23.1 Å². The smallest absolute Gasteiger partial charge is 0.177 e. The standard InChI is InChI=1S/C16H18N6S2/c1-2-3-8-22-14-12(13(17)18-9-19-14)21-15(22)24-16-20-10-6-4-5-7-11(10)23-16/h4-7,18H,2-3,8-9,17H2,1H3. The van der Waals surface area contributed by atoms with E-state index in [-0.39, 0.29) is 0 Å². The predicted octanol–water partition coefficient (Wildman–Crippen LogP) is 1.65. The first-order valence-electron chi connectivity index (χ1n) is 7.94. The molecule has 1 aliphatic rings. The second-order valence-electron chi connectivity index (χ2n) is 5.53. The van der Waals surface area contributed by atoms with Crippen molar-refractivity contribution in [2.75, 3.05) is 6.67 Å². The molecule has 3 heterocycles. The van der Waals surface area contributed by atoms with Crippen molar-refractivity contribution in [1.29, 1.82) is 0 Å². The first-order valence-corrected chi connectivity index (χ1v) is 9.57. The summed E-state index contributed by atoms with van der Waals surface area (Å²) in [4.78, 5) is 14.0. The number of benzene rings is 1. The maximum Gasteiger partial charge on any atom is 0.177 e. The van der Waals surface area contributed by atoms with Gasteiger partial charge in [-0.15, -0.1) is 11.3 Å². The first kappa shape index (κ1) is 15.5. The fourth-order valence-electron chi connectivity index (χ4n) is 2.62. The van der Waals surface area contributed by atoms with Gasteiger partial charge in [0.1, 0.15) is 17.8 Å². The molecule has 0 bridgehead atoms. The fourth-order valence-corrected chi connectivity index (χ4v) is 4.70. The highest BCUT2D eigenvalue weighted by atomic mass is 32.2. The van der Waals surface area contributed by atoms with E-state index in [0.717, 1.165) is 45.2 Å².